The molecule has 2 aromatic carbocycles. The average Bonchev–Trinajstić information content (AvgIpc) is 2.75. The van der Waals surface area contributed by atoms with E-state index in [9.17, 15) is 4.79 Å². The molecule has 3 aromatic rings. The van der Waals surface area contributed by atoms with E-state index < -0.39 is 0 Å². The maximum atomic E-state index is 12.4. The molecule has 0 spiro atoms. The van der Waals surface area contributed by atoms with E-state index in [0.717, 1.165) is 23.5 Å². The molecule has 0 bridgehead atoms. The normalized spacial score (nSPS) is 10.2. The first-order valence-corrected chi connectivity index (χ1v) is 8.84. The van der Waals surface area contributed by atoms with Gasteiger partial charge in [0.2, 0.25) is 5.95 Å². The number of nitrogens with zero attached hydrogens (tertiary/aromatic N) is 2. The van der Waals surface area contributed by atoms with E-state index in [1.165, 1.54) is 0 Å². The third-order valence-electron chi connectivity index (χ3n) is 4.11. The van der Waals surface area contributed by atoms with Crippen LogP contribution in [-0.4, -0.2) is 36.6 Å². The van der Waals surface area contributed by atoms with E-state index >= 15 is 0 Å². The highest BCUT2D eigenvalue weighted by Gasteiger charge is 2.10. The number of carbonyl (C=O) groups is 1. The number of hydrogen-bond acceptors (Lipinski definition) is 6. The van der Waals surface area contributed by atoms with Gasteiger partial charge in [-0.1, -0.05) is 18.2 Å². The molecule has 0 atom stereocenters. The Morgan fingerprint density at radius 2 is 1.79 bits per heavy atom. The van der Waals surface area contributed by atoms with Crippen LogP contribution in [0.25, 0.3) is 0 Å². The zero-order chi connectivity index (χ0) is 19.8. The second-order valence-electron chi connectivity index (χ2n) is 5.94. The standard InChI is InChI=1S/C21H22N4O3/c1-27-17-9-7-16(8-10-17)24-20(26)18-12-14-23-21(25-18)22-13-11-15-5-3-4-6-19(15)28-2/h3-10,12,14H,11,13H2,1-2H3,(H,24,26)(H,22,23,25). The Morgan fingerprint density at radius 3 is 2.54 bits per heavy atom. The van der Waals surface area contributed by atoms with Gasteiger partial charge < -0.3 is 20.1 Å². The summed E-state index contributed by atoms with van der Waals surface area (Å²) in [5.41, 5.74) is 2.03. The first-order valence-electron chi connectivity index (χ1n) is 8.84. The lowest BCUT2D eigenvalue weighted by molar-refractivity contribution is 0.102. The number of anilines is 2. The summed E-state index contributed by atoms with van der Waals surface area (Å²) in [7, 11) is 3.25. The largest absolute Gasteiger partial charge is 0.497 e. The smallest absolute Gasteiger partial charge is 0.274 e. The van der Waals surface area contributed by atoms with Crippen molar-refractivity contribution in [2.24, 2.45) is 0 Å². The van der Waals surface area contributed by atoms with Crippen LogP contribution in [0.3, 0.4) is 0 Å². The first-order chi connectivity index (χ1) is 13.7. The van der Waals surface area contributed by atoms with Crippen molar-refractivity contribution in [2.75, 3.05) is 31.4 Å². The minimum absolute atomic E-state index is 0.283. The Morgan fingerprint density at radius 1 is 1.00 bits per heavy atom. The molecule has 7 nitrogen and oxygen atoms in total. The van der Waals surface area contributed by atoms with Crippen molar-refractivity contribution in [1.29, 1.82) is 0 Å². The lowest BCUT2D eigenvalue weighted by atomic mass is 10.1. The van der Waals surface area contributed by atoms with Gasteiger partial charge in [0.1, 0.15) is 17.2 Å². The van der Waals surface area contributed by atoms with Crippen molar-refractivity contribution in [3.63, 3.8) is 0 Å². The number of benzene rings is 2. The van der Waals surface area contributed by atoms with Crippen LogP contribution in [0.15, 0.2) is 60.8 Å². The van der Waals surface area contributed by atoms with Gasteiger partial charge in [-0.3, -0.25) is 4.79 Å². The zero-order valence-corrected chi connectivity index (χ0v) is 15.8. The van der Waals surface area contributed by atoms with E-state index in [2.05, 4.69) is 20.6 Å². The zero-order valence-electron chi connectivity index (χ0n) is 15.8. The summed E-state index contributed by atoms with van der Waals surface area (Å²) in [5.74, 6) is 1.66. The lowest BCUT2D eigenvalue weighted by Crippen LogP contribution is -2.16. The van der Waals surface area contributed by atoms with Gasteiger partial charge in [0.25, 0.3) is 5.91 Å². The van der Waals surface area contributed by atoms with Crippen LogP contribution >= 0.6 is 0 Å². The molecule has 1 heterocycles. The molecule has 3 rings (SSSR count). The van der Waals surface area contributed by atoms with Crippen molar-refractivity contribution in [3.8, 4) is 11.5 Å². The first kappa shape index (κ1) is 19.2. The molecule has 0 saturated carbocycles. The van der Waals surface area contributed by atoms with E-state index in [-0.39, 0.29) is 11.6 Å². The van der Waals surface area contributed by atoms with Crippen molar-refractivity contribution in [1.82, 2.24) is 9.97 Å². The Bertz CT molecular complexity index is 929. The molecule has 0 saturated heterocycles. The highest BCUT2D eigenvalue weighted by molar-refractivity contribution is 6.02. The number of carbonyl (C=O) groups excluding carboxylic acids is 1. The molecule has 7 heteroatoms. The highest BCUT2D eigenvalue weighted by Crippen LogP contribution is 2.18. The SMILES string of the molecule is COc1ccc(NC(=O)c2ccnc(NCCc3ccccc3OC)n2)cc1. The van der Waals surface area contributed by atoms with E-state index in [1.807, 2.05) is 24.3 Å². The fourth-order valence-electron chi connectivity index (χ4n) is 2.66. The number of ether oxygens (including phenoxy) is 2. The monoisotopic (exact) mass is 378 g/mol. The van der Waals surface area contributed by atoms with Gasteiger partial charge in [0.05, 0.1) is 14.2 Å². The number of hydrogen-bond donors (Lipinski definition) is 2. The van der Waals surface area contributed by atoms with Gasteiger partial charge >= 0.3 is 0 Å². The Kier molecular flexibility index (Phi) is 6.41. The molecule has 0 aliphatic heterocycles. The molecule has 0 fully saturated rings. The molecule has 0 aliphatic rings. The Hall–Kier alpha value is -3.61. The second-order valence-corrected chi connectivity index (χ2v) is 5.94. The number of nitrogens with one attached hydrogen (secondary N) is 2. The quantitative estimate of drug-likeness (QED) is 0.625. The van der Waals surface area contributed by atoms with Crippen LogP contribution < -0.4 is 20.1 Å². The minimum Gasteiger partial charge on any atom is -0.497 e. The van der Waals surface area contributed by atoms with Gasteiger partial charge in [-0.05, 0) is 48.4 Å². The van der Waals surface area contributed by atoms with Crippen LogP contribution in [0.5, 0.6) is 11.5 Å². The van der Waals surface area contributed by atoms with Crippen LogP contribution in [0.2, 0.25) is 0 Å². The molecular weight excluding hydrogens is 356 g/mol. The molecule has 144 valence electrons. The van der Waals surface area contributed by atoms with Gasteiger partial charge in [-0.25, -0.2) is 9.97 Å². The summed E-state index contributed by atoms with van der Waals surface area (Å²) < 4.78 is 10.5. The number of amides is 1. The minimum atomic E-state index is -0.305. The molecule has 1 amide bonds. The predicted molar refractivity (Wildman–Crippen MR) is 108 cm³/mol. The van der Waals surface area contributed by atoms with Crippen LogP contribution in [0.4, 0.5) is 11.6 Å². The number of para-hydroxylation sites is 1. The van der Waals surface area contributed by atoms with Gasteiger partial charge in [0, 0.05) is 18.4 Å². The fourth-order valence-corrected chi connectivity index (χ4v) is 2.66. The molecule has 0 radical (unpaired) electrons. The summed E-state index contributed by atoms with van der Waals surface area (Å²) in [6, 6.07) is 16.5. The van der Waals surface area contributed by atoms with Crippen molar-refractivity contribution in [2.45, 2.75) is 6.42 Å². The summed E-state index contributed by atoms with van der Waals surface area (Å²) in [4.78, 5) is 20.9. The second kappa shape index (κ2) is 9.36. The molecule has 28 heavy (non-hydrogen) atoms. The molecule has 2 N–H and O–H groups in total. The Balaban J connectivity index is 1.59. The summed E-state index contributed by atoms with van der Waals surface area (Å²) in [6.07, 6.45) is 2.30. The Labute approximate surface area is 163 Å². The molecule has 1 aromatic heterocycles. The van der Waals surface area contributed by atoms with E-state index in [1.54, 1.807) is 50.7 Å². The molecular formula is C21H22N4O3. The van der Waals surface area contributed by atoms with Crippen molar-refractivity contribution < 1.29 is 14.3 Å². The number of aromatic nitrogens is 2. The molecule has 0 unspecified atom stereocenters. The third kappa shape index (κ3) is 4.97. The summed E-state index contributed by atoms with van der Waals surface area (Å²) >= 11 is 0. The van der Waals surface area contributed by atoms with Crippen LogP contribution in [-0.2, 0) is 6.42 Å². The summed E-state index contributed by atoms with van der Waals surface area (Å²) in [5, 5.41) is 5.95. The maximum Gasteiger partial charge on any atom is 0.274 e. The van der Waals surface area contributed by atoms with Crippen molar-refractivity contribution >= 4 is 17.5 Å². The van der Waals surface area contributed by atoms with Gasteiger partial charge in [0.15, 0.2) is 0 Å². The van der Waals surface area contributed by atoms with Crippen LogP contribution in [0, 0.1) is 0 Å². The topological polar surface area (TPSA) is 85.4 Å². The van der Waals surface area contributed by atoms with E-state index in [0.29, 0.717) is 18.2 Å². The van der Waals surface area contributed by atoms with Gasteiger partial charge in [-0.15, -0.1) is 0 Å². The highest BCUT2D eigenvalue weighted by atomic mass is 16.5. The van der Waals surface area contributed by atoms with Crippen molar-refractivity contribution in [3.05, 3.63) is 72.1 Å². The number of methoxy groups -OCH3 is 2. The predicted octanol–water partition coefficient (Wildman–Crippen LogP) is 3.40. The van der Waals surface area contributed by atoms with E-state index in [4.69, 9.17) is 9.47 Å². The molecule has 0 aliphatic carbocycles. The fraction of sp³-hybridized carbons (Fsp3) is 0.190. The summed E-state index contributed by atoms with van der Waals surface area (Å²) in [6.45, 7) is 0.615. The third-order valence-corrected chi connectivity index (χ3v) is 4.11. The number of rotatable bonds is 8. The van der Waals surface area contributed by atoms with Gasteiger partial charge in [-0.2, -0.15) is 0 Å². The maximum absolute atomic E-state index is 12.4. The lowest BCUT2D eigenvalue weighted by Gasteiger charge is -2.10. The van der Waals surface area contributed by atoms with Crippen LogP contribution in [0.1, 0.15) is 16.1 Å². The average molecular weight is 378 g/mol.